The number of ether oxygens (including phenoxy) is 1. The van der Waals surface area contributed by atoms with Crippen molar-refractivity contribution in [1.82, 2.24) is 0 Å². The number of hydrogen-bond acceptors (Lipinski definition) is 2. The van der Waals surface area contributed by atoms with Crippen LogP contribution in [0, 0.1) is 0 Å². The minimum atomic E-state index is 0.484. The van der Waals surface area contributed by atoms with Crippen LogP contribution in [-0.2, 0) is 22.6 Å². The molecule has 0 saturated carbocycles. The molecular formula is C10H12O2. The van der Waals surface area contributed by atoms with E-state index in [0.29, 0.717) is 13.0 Å². The standard InChI is InChI=1S/C10H12O2/c1-12-8-10-4-2-3-9(7-10)5-6-11/h2-4,6-7H,5,8H2,1H3. The molecule has 0 heterocycles. The smallest absolute Gasteiger partial charge is 0.124 e. The average Bonchev–Trinajstić information content (AvgIpc) is 2.06. The van der Waals surface area contributed by atoms with Gasteiger partial charge in [-0.3, -0.25) is 0 Å². The van der Waals surface area contributed by atoms with Crippen molar-refractivity contribution in [2.45, 2.75) is 13.0 Å². The second-order valence-electron chi connectivity index (χ2n) is 2.62. The zero-order valence-corrected chi connectivity index (χ0v) is 7.12. The minimum Gasteiger partial charge on any atom is -0.380 e. The van der Waals surface area contributed by atoms with Gasteiger partial charge in [0.1, 0.15) is 6.29 Å². The summed E-state index contributed by atoms with van der Waals surface area (Å²) in [4.78, 5) is 10.2. The summed E-state index contributed by atoms with van der Waals surface area (Å²) in [6, 6.07) is 7.84. The van der Waals surface area contributed by atoms with Gasteiger partial charge in [-0.2, -0.15) is 0 Å². The van der Waals surface area contributed by atoms with Gasteiger partial charge in [-0.05, 0) is 11.1 Å². The Hall–Kier alpha value is -1.15. The molecule has 0 saturated heterocycles. The number of methoxy groups -OCH3 is 1. The van der Waals surface area contributed by atoms with Crippen molar-refractivity contribution in [3.8, 4) is 0 Å². The van der Waals surface area contributed by atoms with Crippen molar-refractivity contribution in [2.75, 3.05) is 7.11 Å². The molecule has 1 rings (SSSR count). The van der Waals surface area contributed by atoms with Crippen LogP contribution in [0.2, 0.25) is 0 Å². The lowest BCUT2D eigenvalue weighted by Gasteiger charge is -2.00. The van der Waals surface area contributed by atoms with Crippen LogP contribution in [0.4, 0.5) is 0 Å². The van der Waals surface area contributed by atoms with E-state index in [9.17, 15) is 4.79 Å². The number of aldehydes is 1. The zero-order chi connectivity index (χ0) is 8.81. The molecule has 0 unspecified atom stereocenters. The fourth-order valence-corrected chi connectivity index (χ4v) is 1.11. The summed E-state index contributed by atoms with van der Waals surface area (Å²) in [5, 5.41) is 0. The van der Waals surface area contributed by atoms with Gasteiger partial charge in [0.25, 0.3) is 0 Å². The van der Waals surface area contributed by atoms with Crippen LogP contribution in [0.25, 0.3) is 0 Å². The van der Waals surface area contributed by atoms with Gasteiger partial charge in [0, 0.05) is 13.5 Å². The van der Waals surface area contributed by atoms with Crippen LogP contribution < -0.4 is 0 Å². The highest BCUT2D eigenvalue weighted by molar-refractivity contribution is 5.55. The van der Waals surface area contributed by atoms with E-state index >= 15 is 0 Å². The SMILES string of the molecule is COCc1cccc(CC=O)c1. The van der Waals surface area contributed by atoms with E-state index in [1.807, 2.05) is 24.3 Å². The molecule has 1 aromatic carbocycles. The molecule has 0 N–H and O–H groups in total. The Morgan fingerprint density at radius 2 is 2.17 bits per heavy atom. The summed E-state index contributed by atoms with van der Waals surface area (Å²) >= 11 is 0. The number of carbonyl (C=O) groups is 1. The minimum absolute atomic E-state index is 0.484. The van der Waals surface area contributed by atoms with Crippen LogP contribution in [-0.4, -0.2) is 13.4 Å². The predicted octanol–water partition coefficient (Wildman–Crippen LogP) is 1.57. The fraction of sp³-hybridized carbons (Fsp3) is 0.300. The van der Waals surface area contributed by atoms with E-state index in [1.54, 1.807) is 7.11 Å². The molecule has 1 aromatic rings. The highest BCUT2D eigenvalue weighted by atomic mass is 16.5. The van der Waals surface area contributed by atoms with E-state index < -0.39 is 0 Å². The first-order valence-electron chi connectivity index (χ1n) is 3.87. The molecule has 2 nitrogen and oxygen atoms in total. The molecule has 0 aliphatic carbocycles. The van der Waals surface area contributed by atoms with Gasteiger partial charge in [0.15, 0.2) is 0 Å². The van der Waals surface area contributed by atoms with E-state index in [2.05, 4.69) is 0 Å². The van der Waals surface area contributed by atoms with Crippen molar-refractivity contribution in [3.05, 3.63) is 35.4 Å². The second-order valence-corrected chi connectivity index (χ2v) is 2.62. The largest absolute Gasteiger partial charge is 0.380 e. The van der Waals surface area contributed by atoms with Crippen LogP contribution in [0.5, 0.6) is 0 Å². The lowest BCUT2D eigenvalue weighted by molar-refractivity contribution is -0.107. The summed E-state index contributed by atoms with van der Waals surface area (Å²) in [6.07, 6.45) is 1.39. The van der Waals surface area contributed by atoms with Crippen LogP contribution in [0.15, 0.2) is 24.3 Å². The van der Waals surface area contributed by atoms with Crippen LogP contribution >= 0.6 is 0 Å². The monoisotopic (exact) mass is 164 g/mol. The normalized spacial score (nSPS) is 9.75. The lowest BCUT2D eigenvalue weighted by Crippen LogP contribution is -1.90. The molecule has 64 valence electrons. The second kappa shape index (κ2) is 4.67. The molecule has 0 fully saturated rings. The van der Waals surface area contributed by atoms with Gasteiger partial charge in [0.2, 0.25) is 0 Å². The third kappa shape index (κ3) is 2.47. The van der Waals surface area contributed by atoms with Gasteiger partial charge in [-0.1, -0.05) is 24.3 Å². The first kappa shape index (κ1) is 8.94. The molecule has 0 aliphatic rings. The molecule has 0 bridgehead atoms. The Morgan fingerprint density at radius 3 is 2.83 bits per heavy atom. The van der Waals surface area contributed by atoms with Crippen molar-refractivity contribution in [2.24, 2.45) is 0 Å². The molecule has 0 atom stereocenters. The van der Waals surface area contributed by atoms with E-state index in [0.717, 1.165) is 17.4 Å². The fourth-order valence-electron chi connectivity index (χ4n) is 1.11. The highest BCUT2D eigenvalue weighted by Crippen LogP contribution is 2.05. The van der Waals surface area contributed by atoms with E-state index in [4.69, 9.17) is 4.74 Å². The molecule has 2 heteroatoms. The Bertz CT molecular complexity index is 256. The van der Waals surface area contributed by atoms with Crippen molar-refractivity contribution in [1.29, 1.82) is 0 Å². The highest BCUT2D eigenvalue weighted by Gasteiger charge is 1.94. The van der Waals surface area contributed by atoms with Gasteiger partial charge in [-0.25, -0.2) is 0 Å². The molecular weight excluding hydrogens is 152 g/mol. The zero-order valence-electron chi connectivity index (χ0n) is 7.12. The van der Waals surface area contributed by atoms with Crippen LogP contribution in [0.3, 0.4) is 0 Å². The molecule has 0 radical (unpaired) electrons. The van der Waals surface area contributed by atoms with Gasteiger partial charge < -0.3 is 9.53 Å². The van der Waals surface area contributed by atoms with Crippen LogP contribution in [0.1, 0.15) is 11.1 Å². The Balaban J connectivity index is 2.73. The predicted molar refractivity (Wildman–Crippen MR) is 46.9 cm³/mol. The number of benzene rings is 1. The summed E-state index contributed by atoms with van der Waals surface area (Å²) in [5.74, 6) is 0. The summed E-state index contributed by atoms with van der Waals surface area (Å²) in [5.41, 5.74) is 2.15. The Kier molecular flexibility index (Phi) is 3.48. The molecule has 0 aromatic heterocycles. The van der Waals surface area contributed by atoms with Gasteiger partial charge >= 0.3 is 0 Å². The summed E-state index contributed by atoms with van der Waals surface area (Å²) in [7, 11) is 1.66. The number of hydrogen-bond donors (Lipinski definition) is 0. The van der Waals surface area contributed by atoms with Gasteiger partial charge in [0.05, 0.1) is 6.61 Å². The van der Waals surface area contributed by atoms with Crippen molar-refractivity contribution in [3.63, 3.8) is 0 Å². The quantitative estimate of drug-likeness (QED) is 0.631. The molecule has 12 heavy (non-hydrogen) atoms. The third-order valence-electron chi connectivity index (χ3n) is 1.62. The maximum absolute atomic E-state index is 10.2. The summed E-state index contributed by atoms with van der Waals surface area (Å²) in [6.45, 7) is 0.604. The Morgan fingerprint density at radius 1 is 1.42 bits per heavy atom. The average molecular weight is 164 g/mol. The number of carbonyl (C=O) groups excluding carboxylic acids is 1. The number of rotatable bonds is 4. The first-order chi connectivity index (χ1) is 5.86. The molecule has 0 aliphatic heterocycles. The lowest BCUT2D eigenvalue weighted by atomic mass is 10.1. The maximum atomic E-state index is 10.2. The topological polar surface area (TPSA) is 26.3 Å². The first-order valence-corrected chi connectivity index (χ1v) is 3.87. The van der Waals surface area contributed by atoms with Crippen molar-refractivity contribution >= 4 is 6.29 Å². The molecule has 0 amide bonds. The maximum Gasteiger partial charge on any atom is 0.124 e. The van der Waals surface area contributed by atoms with E-state index in [-0.39, 0.29) is 0 Å². The van der Waals surface area contributed by atoms with Gasteiger partial charge in [-0.15, -0.1) is 0 Å². The Labute approximate surface area is 72.2 Å². The molecule has 0 spiro atoms. The summed E-state index contributed by atoms with van der Waals surface area (Å²) < 4.78 is 4.97. The van der Waals surface area contributed by atoms with E-state index in [1.165, 1.54) is 0 Å². The third-order valence-corrected chi connectivity index (χ3v) is 1.62. The van der Waals surface area contributed by atoms with Crippen molar-refractivity contribution < 1.29 is 9.53 Å².